The van der Waals surface area contributed by atoms with Crippen molar-refractivity contribution in [1.29, 1.82) is 0 Å². The van der Waals surface area contributed by atoms with Crippen LogP contribution < -0.4 is 16.6 Å². The van der Waals surface area contributed by atoms with Gasteiger partial charge in [-0.05, 0) is 24.6 Å². The fourth-order valence-corrected chi connectivity index (χ4v) is 1.79. The van der Waals surface area contributed by atoms with E-state index in [2.05, 4.69) is 10.2 Å². The van der Waals surface area contributed by atoms with Crippen molar-refractivity contribution in [2.24, 2.45) is 16.6 Å². The summed E-state index contributed by atoms with van der Waals surface area (Å²) in [6.45, 7) is 1.76. The van der Waals surface area contributed by atoms with E-state index in [9.17, 15) is 8.42 Å². The van der Waals surface area contributed by atoms with Crippen molar-refractivity contribution in [3.8, 4) is 0 Å². The summed E-state index contributed by atoms with van der Waals surface area (Å²) < 4.78 is 22.5. The highest BCUT2D eigenvalue weighted by molar-refractivity contribution is 7.90. The van der Waals surface area contributed by atoms with E-state index in [0.29, 0.717) is 5.71 Å². The number of hydrogen-bond donors (Lipinski definition) is 3. The molecule has 6 nitrogen and oxygen atoms in total. The van der Waals surface area contributed by atoms with Gasteiger partial charge in [-0.15, -0.1) is 5.10 Å². The van der Waals surface area contributed by atoms with Gasteiger partial charge in [-0.3, -0.25) is 11.5 Å². The summed E-state index contributed by atoms with van der Waals surface area (Å²) >= 11 is 0. The van der Waals surface area contributed by atoms with Crippen LogP contribution in [-0.4, -0.2) is 26.3 Å². The Labute approximate surface area is 100.0 Å². The van der Waals surface area contributed by atoms with Crippen LogP contribution in [0.25, 0.3) is 0 Å². The Kier molecular flexibility index (Phi) is 3.84. The largest absolute Gasteiger partial charge is 0.362 e. The third-order valence-electron chi connectivity index (χ3n) is 2.05. The summed E-state index contributed by atoms with van der Waals surface area (Å²) in [6, 6.07) is 6.39. The van der Waals surface area contributed by atoms with Gasteiger partial charge in [0.15, 0.2) is 9.84 Å². The van der Waals surface area contributed by atoms with Gasteiger partial charge in [0.05, 0.1) is 10.6 Å². The zero-order valence-electron chi connectivity index (χ0n) is 9.64. The van der Waals surface area contributed by atoms with Crippen LogP contribution in [0, 0.1) is 0 Å². The molecule has 7 heteroatoms. The Morgan fingerprint density at radius 1 is 1.24 bits per heavy atom. The van der Waals surface area contributed by atoms with E-state index in [1.807, 2.05) is 0 Å². The van der Waals surface area contributed by atoms with Crippen molar-refractivity contribution in [3.63, 3.8) is 0 Å². The van der Waals surface area contributed by atoms with Crippen molar-refractivity contribution in [1.82, 2.24) is 0 Å². The number of rotatable bonds is 3. The molecule has 0 fully saturated rings. The number of nitrogens with zero attached hydrogens (tertiary/aromatic N) is 1. The molecule has 0 saturated carbocycles. The second-order valence-corrected chi connectivity index (χ2v) is 5.58. The molecule has 1 rings (SSSR count). The first-order chi connectivity index (χ1) is 7.80. The molecule has 0 aliphatic rings. The third kappa shape index (κ3) is 3.87. The van der Waals surface area contributed by atoms with Crippen LogP contribution in [0.3, 0.4) is 0 Å². The van der Waals surface area contributed by atoms with Crippen molar-refractivity contribution >= 4 is 21.5 Å². The maximum Gasteiger partial charge on any atom is 0.362 e. The fourth-order valence-electron chi connectivity index (χ4n) is 1.16. The van der Waals surface area contributed by atoms with E-state index in [1.165, 1.54) is 12.1 Å². The molecule has 1 aromatic rings. The smallest absolute Gasteiger partial charge is 0.289 e. The molecule has 0 aliphatic heterocycles. The van der Waals surface area contributed by atoms with Crippen molar-refractivity contribution < 1.29 is 13.5 Å². The molecule has 0 aliphatic carbocycles. The Bertz CT molecular complexity index is 554. The normalized spacial score (nSPS) is 12.2. The summed E-state index contributed by atoms with van der Waals surface area (Å²) in [4.78, 5) is 0.270. The maximum atomic E-state index is 11.3. The van der Waals surface area contributed by atoms with Crippen molar-refractivity contribution in [3.05, 3.63) is 29.8 Å². The number of sulfone groups is 1. The molecule has 0 bridgehead atoms. The minimum atomic E-state index is -3.17. The van der Waals surface area contributed by atoms with E-state index in [-0.39, 0.29) is 10.9 Å². The molecule has 0 saturated heterocycles. The SMILES string of the molecule is C/C(=N/[NH+]=C(N)N)c1ccc(S(C)(=O)=O)cc1. The van der Waals surface area contributed by atoms with Crippen LogP contribution in [0.1, 0.15) is 12.5 Å². The summed E-state index contributed by atoms with van der Waals surface area (Å²) in [5.74, 6) is -0.00268. The molecular weight excluding hydrogens is 240 g/mol. The highest BCUT2D eigenvalue weighted by Crippen LogP contribution is 2.10. The van der Waals surface area contributed by atoms with E-state index >= 15 is 0 Å². The molecule has 1 aromatic carbocycles. The van der Waals surface area contributed by atoms with Gasteiger partial charge in [0.1, 0.15) is 0 Å². The first-order valence-corrected chi connectivity index (χ1v) is 6.68. The van der Waals surface area contributed by atoms with E-state index < -0.39 is 9.84 Å². The highest BCUT2D eigenvalue weighted by atomic mass is 32.2. The van der Waals surface area contributed by atoms with E-state index in [1.54, 1.807) is 19.1 Å². The number of benzene rings is 1. The summed E-state index contributed by atoms with van der Waals surface area (Å²) in [7, 11) is -3.17. The molecule has 0 spiro atoms. The lowest BCUT2D eigenvalue weighted by Gasteiger charge is -2.00. The maximum absolute atomic E-state index is 11.3. The molecule has 17 heavy (non-hydrogen) atoms. The Morgan fingerprint density at radius 3 is 2.18 bits per heavy atom. The third-order valence-corrected chi connectivity index (χ3v) is 3.18. The summed E-state index contributed by atoms with van der Waals surface area (Å²) in [5.41, 5.74) is 11.8. The van der Waals surface area contributed by atoms with Crippen LogP contribution in [0.4, 0.5) is 0 Å². The molecule has 0 unspecified atom stereocenters. The number of guanidine groups is 1. The van der Waals surface area contributed by atoms with E-state index in [4.69, 9.17) is 11.5 Å². The fraction of sp³-hybridized carbons (Fsp3) is 0.200. The average molecular weight is 255 g/mol. The molecule has 0 amide bonds. The van der Waals surface area contributed by atoms with Gasteiger partial charge >= 0.3 is 5.96 Å². The minimum Gasteiger partial charge on any atom is -0.289 e. The highest BCUT2D eigenvalue weighted by Gasteiger charge is 2.06. The van der Waals surface area contributed by atoms with Gasteiger partial charge in [-0.25, -0.2) is 8.42 Å². The number of nitrogens with one attached hydrogen (secondary N) is 1. The zero-order chi connectivity index (χ0) is 13.1. The van der Waals surface area contributed by atoms with Crippen LogP contribution in [0.15, 0.2) is 34.3 Å². The van der Waals surface area contributed by atoms with Gasteiger partial charge in [0.25, 0.3) is 0 Å². The quantitative estimate of drug-likeness (QED) is 0.335. The molecule has 0 heterocycles. The predicted molar refractivity (Wildman–Crippen MR) is 66.1 cm³/mol. The van der Waals surface area contributed by atoms with Crippen LogP contribution in [0.2, 0.25) is 0 Å². The molecule has 0 atom stereocenters. The van der Waals surface area contributed by atoms with Crippen molar-refractivity contribution in [2.45, 2.75) is 11.8 Å². The Balaban J connectivity index is 3.04. The average Bonchev–Trinajstić information content (AvgIpc) is 2.25. The molecule has 92 valence electrons. The second-order valence-electron chi connectivity index (χ2n) is 3.56. The summed E-state index contributed by atoms with van der Waals surface area (Å²) in [5, 5.41) is 6.35. The second kappa shape index (κ2) is 4.96. The molecule has 0 aromatic heterocycles. The lowest BCUT2D eigenvalue weighted by atomic mass is 10.1. The van der Waals surface area contributed by atoms with Crippen LogP contribution in [0.5, 0.6) is 0 Å². The molecular formula is C10H15N4O2S+. The van der Waals surface area contributed by atoms with Crippen LogP contribution >= 0.6 is 0 Å². The number of hydrazone groups is 1. The monoisotopic (exact) mass is 255 g/mol. The Hall–Kier alpha value is -1.89. The van der Waals surface area contributed by atoms with Gasteiger partial charge in [0, 0.05) is 6.26 Å². The Morgan fingerprint density at radius 2 is 1.76 bits per heavy atom. The molecule has 5 N–H and O–H groups in total. The lowest BCUT2D eigenvalue weighted by Crippen LogP contribution is -2.72. The first-order valence-electron chi connectivity index (χ1n) is 4.79. The van der Waals surface area contributed by atoms with E-state index in [0.717, 1.165) is 11.8 Å². The standard InChI is InChI=1S/C10H14N4O2S/c1-7(13-14-10(11)12)8-3-5-9(6-4-8)17(2,15)16/h3-6H,1-2H3,(H4,11,12,14)/p+1/b13-7-. The number of hydrogen-bond acceptors (Lipinski definition) is 3. The minimum absolute atomic E-state index is 0.00268. The van der Waals surface area contributed by atoms with Gasteiger partial charge in [0.2, 0.25) is 0 Å². The predicted octanol–water partition coefficient (Wildman–Crippen LogP) is -1.83. The van der Waals surface area contributed by atoms with Gasteiger partial charge in [-0.2, -0.15) is 5.10 Å². The summed E-state index contributed by atoms with van der Waals surface area (Å²) in [6.07, 6.45) is 1.16. The lowest BCUT2D eigenvalue weighted by molar-refractivity contribution is -0.464. The number of nitrogens with two attached hydrogens (primary N) is 2. The van der Waals surface area contributed by atoms with Gasteiger partial charge < -0.3 is 0 Å². The van der Waals surface area contributed by atoms with Crippen molar-refractivity contribution in [2.75, 3.05) is 6.26 Å². The van der Waals surface area contributed by atoms with Crippen LogP contribution in [-0.2, 0) is 9.84 Å². The zero-order valence-corrected chi connectivity index (χ0v) is 10.5. The van der Waals surface area contributed by atoms with Gasteiger partial charge in [-0.1, -0.05) is 12.1 Å². The first kappa shape index (κ1) is 13.2. The topological polar surface area (TPSA) is 113 Å². The molecule has 0 radical (unpaired) electrons.